The number of halogens is 2. The van der Waals surface area contributed by atoms with Gasteiger partial charge in [-0.3, -0.25) is 4.79 Å². The van der Waals surface area contributed by atoms with Gasteiger partial charge in [-0.15, -0.1) is 0 Å². The highest BCUT2D eigenvalue weighted by atomic mass is 35.5. The summed E-state index contributed by atoms with van der Waals surface area (Å²) < 4.78 is 5.07. The first kappa shape index (κ1) is 17.1. The fraction of sp³-hybridized carbons (Fsp3) is 0.0588. The van der Waals surface area contributed by atoms with E-state index in [1.807, 2.05) is 24.3 Å². The van der Waals surface area contributed by atoms with Crippen LogP contribution in [0.25, 0.3) is 6.08 Å². The number of amides is 1. The van der Waals surface area contributed by atoms with E-state index in [2.05, 4.69) is 10.5 Å². The number of hydrogen-bond donors (Lipinski definition) is 1. The molecule has 118 valence electrons. The Morgan fingerprint density at radius 2 is 1.91 bits per heavy atom. The van der Waals surface area contributed by atoms with E-state index in [0.29, 0.717) is 15.6 Å². The molecule has 1 amide bonds. The Labute approximate surface area is 144 Å². The number of methoxy groups -OCH3 is 1. The van der Waals surface area contributed by atoms with Crippen molar-refractivity contribution in [3.05, 3.63) is 69.7 Å². The number of benzene rings is 2. The van der Waals surface area contributed by atoms with Crippen LogP contribution < -0.4 is 10.2 Å². The molecule has 0 fully saturated rings. The molecule has 0 spiro atoms. The van der Waals surface area contributed by atoms with Crippen molar-refractivity contribution < 1.29 is 9.53 Å². The molecule has 23 heavy (non-hydrogen) atoms. The topological polar surface area (TPSA) is 50.7 Å². The number of nitrogens with zero attached hydrogens (tertiary/aromatic N) is 1. The highest BCUT2D eigenvalue weighted by Crippen LogP contribution is 2.19. The molecule has 0 aliphatic heterocycles. The monoisotopic (exact) mass is 348 g/mol. The highest BCUT2D eigenvalue weighted by Gasteiger charge is 1.98. The summed E-state index contributed by atoms with van der Waals surface area (Å²) in [5.74, 6) is 0.415. The first-order chi connectivity index (χ1) is 11.1. The Morgan fingerprint density at radius 1 is 1.17 bits per heavy atom. The van der Waals surface area contributed by atoms with Crippen molar-refractivity contribution in [2.24, 2.45) is 5.10 Å². The van der Waals surface area contributed by atoms with Crippen molar-refractivity contribution in [1.29, 1.82) is 0 Å². The van der Waals surface area contributed by atoms with Gasteiger partial charge in [-0.1, -0.05) is 41.4 Å². The van der Waals surface area contributed by atoms with Crippen LogP contribution >= 0.6 is 23.2 Å². The molecule has 2 rings (SSSR count). The summed E-state index contributed by atoms with van der Waals surface area (Å²) >= 11 is 11.8. The minimum Gasteiger partial charge on any atom is -0.497 e. The van der Waals surface area contributed by atoms with Crippen molar-refractivity contribution in [1.82, 2.24) is 5.43 Å². The fourth-order valence-corrected chi connectivity index (χ4v) is 2.15. The normalized spacial score (nSPS) is 11.1. The van der Waals surface area contributed by atoms with Gasteiger partial charge in [0.2, 0.25) is 0 Å². The average Bonchev–Trinajstić information content (AvgIpc) is 2.55. The molecule has 2 aromatic carbocycles. The summed E-state index contributed by atoms with van der Waals surface area (Å²) in [6.07, 6.45) is 4.53. The van der Waals surface area contributed by atoms with E-state index < -0.39 is 0 Å². The third-order valence-electron chi connectivity index (χ3n) is 2.88. The molecule has 0 aliphatic rings. The van der Waals surface area contributed by atoms with E-state index in [9.17, 15) is 4.79 Å². The quantitative estimate of drug-likeness (QED) is 0.501. The number of carbonyl (C=O) groups excluding carboxylic acids is 1. The molecule has 0 radical (unpaired) electrons. The summed E-state index contributed by atoms with van der Waals surface area (Å²) in [6, 6.07) is 12.3. The SMILES string of the molecule is COc1ccc(/C=C/C(=O)N/N=C/c2ccc(Cl)cc2Cl)cc1. The molecule has 0 heterocycles. The Morgan fingerprint density at radius 3 is 2.57 bits per heavy atom. The minimum atomic E-state index is -0.345. The Hall–Kier alpha value is -2.30. The standard InChI is InChI=1S/C17H14Cl2N2O2/c1-23-15-7-2-12(3-8-15)4-9-17(22)21-20-11-13-5-6-14(18)10-16(13)19/h2-11H,1H3,(H,21,22)/b9-4+,20-11+. The third-order valence-corrected chi connectivity index (χ3v) is 3.45. The predicted octanol–water partition coefficient (Wildman–Crippen LogP) is 4.17. The second-order valence-corrected chi connectivity index (χ2v) is 5.35. The molecule has 0 aromatic heterocycles. The zero-order chi connectivity index (χ0) is 16.7. The zero-order valence-corrected chi connectivity index (χ0v) is 13.8. The lowest BCUT2D eigenvalue weighted by Gasteiger charge is -1.99. The van der Waals surface area contributed by atoms with Crippen molar-refractivity contribution in [2.45, 2.75) is 0 Å². The molecule has 0 saturated carbocycles. The Kier molecular flexibility index (Phi) is 6.20. The van der Waals surface area contributed by atoms with Gasteiger partial charge in [0.05, 0.1) is 18.3 Å². The molecule has 0 bridgehead atoms. The van der Waals surface area contributed by atoms with Crippen LogP contribution in [-0.2, 0) is 4.79 Å². The number of ether oxygens (including phenoxy) is 1. The number of hydrazone groups is 1. The molecule has 2 aromatic rings. The van der Waals surface area contributed by atoms with Crippen LogP contribution in [0.2, 0.25) is 10.0 Å². The largest absolute Gasteiger partial charge is 0.497 e. The maximum Gasteiger partial charge on any atom is 0.264 e. The van der Waals surface area contributed by atoms with Gasteiger partial charge in [0.15, 0.2) is 0 Å². The smallest absolute Gasteiger partial charge is 0.264 e. The maximum absolute atomic E-state index is 11.7. The predicted molar refractivity (Wildman–Crippen MR) is 94.2 cm³/mol. The number of nitrogens with one attached hydrogen (secondary N) is 1. The first-order valence-electron chi connectivity index (χ1n) is 6.69. The summed E-state index contributed by atoms with van der Waals surface area (Å²) in [6.45, 7) is 0. The molecule has 0 atom stereocenters. The Bertz CT molecular complexity index is 741. The van der Waals surface area contributed by atoms with E-state index in [1.165, 1.54) is 12.3 Å². The van der Waals surface area contributed by atoms with Crippen LogP contribution in [0.15, 0.2) is 53.6 Å². The average molecular weight is 349 g/mol. The second-order valence-electron chi connectivity index (χ2n) is 4.51. The van der Waals surface area contributed by atoms with Gasteiger partial charge in [-0.2, -0.15) is 5.10 Å². The van der Waals surface area contributed by atoms with Gasteiger partial charge in [0.1, 0.15) is 5.75 Å². The van der Waals surface area contributed by atoms with Gasteiger partial charge in [-0.25, -0.2) is 5.43 Å². The number of hydrogen-bond acceptors (Lipinski definition) is 3. The Balaban J connectivity index is 1.91. The van der Waals surface area contributed by atoms with E-state index in [0.717, 1.165) is 11.3 Å². The molecule has 0 unspecified atom stereocenters. The van der Waals surface area contributed by atoms with E-state index >= 15 is 0 Å². The van der Waals surface area contributed by atoms with Crippen molar-refractivity contribution in [3.8, 4) is 5.75 Å². The number of rotatable bonds is 5. The molecular weight excluding hydrogens is 335 g/mol. The lowest BCUT2D eigenvalue weighted by molar-refractivity contribution is -0.116. The van der Waals surface area contributed by atoms with E-state index in [-0.39, 0.29) is 5.91 Å². The van der Waals surface area contributed by atoms with Crippen LogP contribution in [0, 0.1) is 0 Å². The molecular formula is C17H14Cl2N2O2. The lowest BCUT2D eigenvalue weighted by Crippen LogP contribution is -2.14. The van der Waals surface area contributed by atoms with Crippen molar-refractivity contribution >= 4 is 41.4 Å². The van der Waals surface area contributed by atoms with Crippen LogP contribution in [0.5, 0.6) is 5.75 Å². The fourth-order valence-electron chi connectivity index (χ4n) is 1.70. The van der Waals surface area contributed by atoms with Crippen molar-refractivity contribution in [3.63, 3.8) is 0 Å². The minimum absolute atomic E-state index is 0.345. The van der Waals surface area contributed by atoms with E-state index in [1.54, 1.807) is 31.4 Å². The second kappa shape index (κ2) is 8.36. The van der Waals surface area contributed by atoms with Gasteiger partial charge in [-0.05, 0) is 35.9 Å². The maximum atomic E-state index is 11.7. The summed E-state index contributed by atoms with van der Waals surface area (Å²) in [5.41, 5.74) is 3.94. The molecule has 4 nitrogen and oxygen atoms in total. The molecule has 1 N–H and O–H groups in total. The summed E-state index contributed by atoms with van der Waals surface area (Å²) in [4.78, 5) is 11.7. The van der Waals surface area contributed by atoms with Crippen LogP contribution in [0.3, 0.4) is 0 Å². The van der Waals surface area contributed by atoms with Crippen LogP contribution in [-0.4, -0.2) is 19.2 Å². The van der Waals surface area contributed by atoms with Gasteiger partial charge in [0, 0.05) is 16.7 Å². The molecule has 0 aliphatic carbocycles. The van der Waals surface area contributed by atoms with Crippen LogP contribution in [0.4, 0.5) is 0 Å². The molecule has 6 heteroatoms. The van der Waals surface area contributed by atoms with Crippen LogP contribution in [0.1, 0.15) is 11.1 Å². The van der Waals surface area contributed by atoms with Gasteiger partial charge < -0.3 is 4.74 Å². The summed E-state index contributed by atoms with van der Waals surface area (Å²) in [7, 11) is 1.60. The van der Waals surface area contributed by atoms with E-state index in [4.69, 9.17) is 27.9 Å². The number of carbonyl (C=O) groups is 1. The molecule has 0 saturated heterocycles. The zero-order valence-electron chi connectivity index (χ0n) is 12.3. The van der Waals surface area contributed by atoms with Gasteiger partial charge >= 0.3 is 0 Å². The van der Waals surface area contributed by atoms with Gasteiger partial charge in [0.25, 0.3) is 5.91 Å². The highest BCUT2D eigenvalue weighted by molar-refractivity contribution is 6.36. The van der Waals surface area contributed by atoms with Crippen molar-refractivity contribution in [2.75, 3.05) is 7.11 Å². The third kappa shape index (κ3) is 5.43. The summed E-state index contributed by atoms with van der Waals surface area (Å²) in [5, 5.41) is 4.85. The first-order valence-corrected chi connectivity index (χ1v) is 7.44. The lowest BCUT2D eigenvalue weighted by atomic mass is 10.2.